The Morgan fingerprint density at radius 1 is 1.50 bits per heavy atom. The summed E-state index contributed by atoms with van der Waals surface area (Å²) < 4.78 is 0. The van der Waals surface area contributed by atoms with E-state index in [1.807, 2.05) is 4.90 Å². The smallest absolute Gasteiger partial charge is 0.219 e. The molecular weight excluding hydrogens is 178 g/mol. The summed E-state index contributed by atoms with van der Waals surface area (Å²) in [6, 6.07) is 0.817. The van der Waals surface area contributed by atoms with Gasteiger partial charge in [-0.3, -0.25) is 4.79 Å². The van der Waals surface area contributed by atoms with Crippen molar-refractivity contribution in [1.29, 1.82) is 0 Å². The molecule has 3 atom stereocenters. The summed E-state index contributed by atoms with van der Waals surface area (Å²) in [5, 5.41) is 3.46. The molecule has 0 spiro atoms. The summed E-state index contributed by atoms with van der Waals surface area (Å²) >= 11 is 0. The molecule has 1 amide bonds. The lowest BCUT2D eigenvalue weighted by atomic mass is 9.84. The van der Waals surface area contributed by atoms with E-state index in [0.717, 1.165) is 25.9 Å². The number of nitrogens with zero attached hydrogens (tertiary/aromatic N) is 1. The van der Waals surface area contributed by atoms with Gasteiger partial charge in [0.25, 0.3) is 0 Å². The number of amides is 1. The van der Waals surface area contributed by atoms with Crippen LogP contribution in [0.1, 0.15) is 26.2 Å². The monoisotopic (exact) mass is 197 g/mol. The maximum Gasteiger partial charge on any atom is 0.219 e. The Morgan fingerprint density at radius 3 is 3.00 bits per heavy atom. The van der Waals surface area contributed by atoms with Crippen LogP contribution in [0.4, 0.5) is 0 Å². The lowest BCUT2D eigenvalue weighted by Crippen LogP contribution is -2.66. The molecule has 1 aliphatic carbocycles. The fourth-order valence-electron chi connectivity index (χ4n) is 2.77. The van der Waals surface area contributed by atoms with Gasteiger partial charge in [-0.2, -0.15) is 0 Å². The number of hydrogen-bond donors (Lipinski definition) is 2. The Balaban J connectivity index is 2.14. The van der Waals surface area contributed by atoms with E-state index >= 15 is 0 Å². The summed E-state index contributed by atoms with van der Waals surface area (Å²) in [7, 11) is 0. The van der Waals surface area contributed by atoms with Crippen LogP contribution in [0, 0.1) is 0 Å². The SMILES string of the molecule is CC(=O)N1CCNC2CCCC(N)C21. The van der Waals surface area contributed by atoms with E-state index in [-0.39, 0.29) is 18.0 Å². The van der Waals surface area contributed by atoms with Gasteiger partial charge >= 0.3 is 0 Å². The van der Waals surface area contributed by atoms with Crippen LogP contribution >= 0.6 is 0 Å². The third-order valence-electron chi connectivity index (χ3n) is 3.43. The third-order valence-corrected chi connectivity index (χ3v) is 3.43. The van der Waals surface area contributed by atoms with Crippen molar-refractivity contribution in [2.75, 3.05) is 13.1 Å². The van der Waals surface area contributed by atoms with E-state index in [2.05, 4.69) is 5.32 Å². The zero-order chi connectivity index (χ0) is 10.1. The minimum atomic E-state index is 0.158. The average Bonchev–Trinajstić information content (AvgIpc) is 2.17. The van der Waals surface area contributed by atoms with Gasteiger partial charge in [-0.15, -0.1) is 0 Å². The van der Waals surface area contributed by atoms with E-state index in [1.165, 1.54) is 6.42 Å². The van der Waals surface area contributed by atoms with Crippen molar-refractivity contribution in [3.8, 4) is 0 Å². The Labute approximate surface area is 84.8 Å². The molecule has 2 aliphatic rings. The standard InChI is InChI=1S/C10H19N3O/c1-7(14)13-6-5-12-9-4-2-3-8(11)10(9)13/h8-10,12H,2-6,11H2,1H3. The minimum absolute atomic E-state index is 0.158. The van der Waals surface area contributed by atoms with Crippen LogP contribution in [0.3, 0.4) is 0 Å². The topological polar surface area (TPSA) is 58.4 Å². The second-order valence-corrected chi connectivity index (χ2v) is 4.36. The summed E-state index contributed by atoms with van der Waals surface area (Å²) in [4.78, 5) is 13.4. The van der Waals surface area contributed by atoms with Crippen molar-refractivity contribution in [3.05, 3.63) is 0 Å². The Bertz CT molecular complexity index is 229. The van der Waals surface area contributed by atoms with Crippen LogP contribution in [0.5, 0.6) is 0 Å². The largest absolute Gasteiger partial charge is 0.336 e. The lowest BCUT2D eigenvalue weighted by Gasteiger charge is -2.47. The molecule has 0 bridgehead atoms. The molecule has 14 heavy (non-hydrogen) atoms. The highest BCUT2D eigenvalue weighted by Crippen LogP contribution is 2.24. The Kier molecular flexibility index (Phi) is 2.74. The highest BCUT2D eigenvalue weighted by atomic mass is 16.2. The number of carbonyl (C=O) groups excluding carboxylic acids is 1. The van der Waals surface area contributed by atoms with Crippen molar-refractivity contribution in [2.24, 2.45) is 5.73 Å². The molecule has 0 aromatic carbocycles. The first kappa shape index (κ1) is 9.93. The van der Waals surface area contributed by atoms with E-state index in [1.54, 1.807) is 6.92 Å². The van der Waals surface area contributed by atoms with E-state index < -0.39 is 0 Å². The maximum atomic E-state index is 11.4. The van der Waals surface area contributed by atoms with Gasteiger partial charge in [0.15, 0.2) is 0 Å². The third kappa shape index (κ3) is 1.64. The number of nitrogens with two attached hydrogens (primary N) is 1. The number of fused-ring (bicyclic) bond motifs is 1. The van der Waals surface area contributed by atoms with Crippen molar-refractivity contribution in [3.63, 3.8) is 0 Å². The molecule has 2 fully saturated rings. The second-order valence-electron chi connectivity index (χ2n) is 4.36. The van der Waals surface area contributed by atoms with Crippen molar-refractivity contribution in [1.82, 2.24) is 10.2 Å². The molecule has 3 unspecified atom stereocenters. The first-order chi connectivity index (χ1) is 6.70. The molecule has 80 valence electrons. The summed E-state index contributed by atoms with van der Waals surface area (Å²) in [5.74, 6) is 0.166. The number of rotatable bonds is 0. The molecule has 4 heteroatoms. The molecule has 1 saturated heterocycles. The predicted molar refractivity (Wildman–Crippen MR) is 54.8 cm³/mol. The fraction of sp³-hybridized carbons (Fsp3) is 0.900. The zero-order valence-electron chi connectivity index (χ0n) is 8.70. The number of nitrogens with one attached hydrogen (secondary N) is 1. The molecule has 3 N–H and O–H groups in total. The summed E-state index contributed by atoms with van der Waals surface area (Å²) in [6.07, 6.45) is 3.38. The van der Waals surface area contributed by atoms with Crippen molar-refractivity contribution >= 4 is 5.91 Å². The van der Waals surface area contributed by atoms with E-state index in [0.29, 0.717) is 6.04 Å². The van der Waals surface area contributed by atoms with Crippen LogP contribution in [0.2, 0.25) is 0 Å². The van der Waals surface area contributed by atoms with Crippen LogP contribution in [-0.2, 0) is 4.79 Å². The average molecular weight is 197 g/mol. The summed E-state index contributed by atoms with van der Waals surface area (Å²) in [6.45, 7) is 3.36. The van der Waals surface area contributed by atoms with Gasteiger partial charge in [0.1, 0.15) is 0 Å². The molecule has 0 radical (unpaired) electrons. The molecule has 0 aromatic rings. The number of hydrogen-bond acceptors (Lipinski definition) is 3. The Morgan fingerprint density at radius 2 is 2.29 bits per heavy atom. The molecule has 4 nitrogen and oxygen atoms in total. The minimum Gasteiger partial charge on any atom is -0.336 e. The van der Waals surface area contributed by atoms with Crippen molar-refractivity contribution in [2.45, 2.75) is 44.3 Å². The van der Waals surface area contributed by atoms with Crippen LogP contribution < -0.4 is 11.1 Å². The second kappa shape index (κ2) is 3.87. The van der Waals surface area contributed by atoms with Crippen LogP contribution in [0.25, 0.3) is 0 Å². The highest BCUT2D eigenvalue weighted by molar-refractivity contribution is 5.74. The van der Waals surface area contributed by atoms with Gasteiger partial charge < -0.3 is 16.0 Å². The molecule has 1 aliphatic heterocycles. The summed E-state index contributed by atoms with van der Waals surface area (Å²) in [5.41, 5.74) is 6.08. The number of piperazine rings is 1. The fourth-order valence-corrected chi connectivity index (χ4v) is 2.77. The van der Waals surface area contributed by atoms with E-state index in [4.69, 9.17) is 5.73 Å². The van der Waals surface area contributed by atoms with Gasteiger partial charge in [0, 0.05) is 32.1 Å². The van der Waals surface area contributed by atoms with Gasteiger partial charge in [0.05, 0.1) is 6.04 Å². The molecule has 0 aromatic heterocycles. The molecule has 1 heterocycles. The van der Waals surface area contributed by atoms with Gasteiger partial charge in [-0.1, -0.05) is 6.42 Å². The lowest BCUT2D eigenvalue weighted by molar-refractivity contribution is -0.134. The first-order valence-corrected chi connectivity index (χ1v) is 5.46. The normalized spacial score (nSPS) is 37.9. The Hall–Kier alpha value is -0.610. The predicted octanol–water partition coefficient (Wildman–Crippen LogP) is -0.313. The van der Waals surface area contributed by atoms with Gasteiger partial charge in [-0.25, -0.2) is 0 Å². The van der Waals surface area contributed by atoms with Crippen molar-refractivity contribution < 1.29 is 4.79 Å². The van der Waals surface area contributed by atoms with Crippen LogP contribution in [-0.4, -0.2) is 42.0 Å². The maximum absolute atomic E-state index is 11.4. The molecule has 1 saturated carbocycles. The van der Waals surface area contributed by atoms with Crippen LogP contribution in [0.15, 0.2) is 0 Å². The molecular formula is C10H19N3O. The van der Waals surface area contributed by atoms with Gasteiger partial charge in [-0.05, 0) is 12.8 Å². The van der Waals surface area contributed by atoms with E-state index in [9.17, 15) is 4.79 Å². The number of carbonyl (C=O) groups is 1. The van der Waals surface area contributed by atoms with Gasteiger partial charge in [0.2, 0.25) is 5.91 Å². The first-order valence-electron chi connectivity index (χ1n) is 5.46. The molecule has 2 rings (SSSR count). The zero-order valence-corrected chi connectivity index (χ0v) is 8.70. The highest BCUT2D eigenvalue weighted by Gasteiger charge is 2.38. The quantitative estimate of drug-likeness (QED) is 0.560.